The lowest BCUT2D eigenvalue weighted by atomic mass is 10.0. The number of fused-ring (bicyclic) bond motifs is 1. The number of aryl methyl sites for hydroxylation is 2. The molecule has 0 spiro atoms. The number of hydrogen-bond donors (Lipinski definition) is 1. The van der Waals surface area contributed by atoms with Crippen LogP contribution < -0.4 is 5.32 Å². The number of likely N-dealkylation sites (tertiary alicyclic amines) is 1. The SMILES string of the molecule is Cc1ccc(C(=O)NCc2cc(-c3nn(CCCN4CCCC4)c4c3CN(S(C)(=O)=O)CC4)ccc2Cl)cc1. The summed E-state index contributed by atoms with van der Waals surface area (Å²) in [6.45, 7) is 7.19. The molecule has 5 rings (SSSR count). The Bertz CT molecular complexity index is 1450. The molecule has 1 amide bonds. The molecule has 2 aliphatic heterocycles. The molecule has 2 aliphatic rings. The number of carbonyl (C=O) groups excluding carboxylic acids is 1. The molecule has 2 aromatic carbocycles. The van der Waals surface area contributed by atoms with Crippen molar-refractivity contribution in [3.05, 3.63) is 75.4 Å². The van der Waals surface area contributed by atoms with Crippen molar-refractivity contribution in [2.45, 2.75) is 52.2 Å². The van der Waals surface area contributed by atoms with E-state index in [1.54, 1.807) is 12.1 Å². The fraction of sp³-hybridized carbons (Fsp3) is 0.448. The molecule has 0 bridgehead atoms. The summed E-state index contributed by atoms with van der Waals surface area (Å²) >= 11 is 6.53. The van der Waals surface area contributed by atoms with Crippen LogP contribution in [0.3, 0.4) is 0 Å². The van der Waals surface area contributed by atoms with Gasteiger partial charge in [0.1, 0.15) is 0 Å². The van der Waals surface area contributed by atoms with Crippen LogP contribution in [0.25, 0.3) is 11.3 Å². The highest BCUT2D eigenvalue weighted by Crippen LogP contribution is 2.33. The van der Waals surface area contributed by atoms with E-state index in [4.69, 9.17) is 16.7 Å². The molecule has 3 aromatic rings. The van der Waals surface area contributed by atoms with Crippen molar-refractivity contribution in [1.82, 2.24) is 24.3 Å². The first kappa shape index (κ1) is 27.8. The summed E-state index contributed by atoms with van der Waals surface area (Å²) in [6, 6.07) is 13.1. The van der Waals surface area contributed by atoms with Crippen LogP contribution in [0.1, 0.15) is 52.0 Å². The maximum absolute atomic E-state index is 12.7. The van der Waals surface area contributed by atoms with Crippen molar-refractivity contribution in [2.75, 3.05) is 32.4 Å². The van der Waals surface area contributed by atoms with Gasteiger partial charge >= 0.3 is 0 Å². The summed E-state index contributed by atoms with van der Waals surface area (Å²) in [5.74, 6) is -0.167. The largest absolute Gasteiger partial charge is 0.348 e. The van der Waals surface area contributed by atoms with E-state index >= 15 is 0 Å². The Morgan fingerprint density at radius 1 is 1.05 bits per heavy atom. The third-order valence-electron chi connectivity index (χ3n) is 7.68. The Balaban J connectivity index is 1.39. The van der Waals surface area contributed by atoms with E-state index in [-0.39, 0.29) is 12.5 Å². The van der Waals surface area contributed by atoms with Crippen LogP contribution in [0.15, 0.2) is 42.5 Å². The lowest BCUT2D eigenvalue weighted by Gasteiger charge is -2.26. The second-order valence-electron chi connectivity index (χ2n) is 10.6. The molecule has 10 heteroatoms. The van der Waals surface area contributed by atoms with E-state index in [0.717, 1.165) is 53.2 Å². The van der Waals surface area contributed by atoms with E-state index in [9.17, 15) is 13.2 Å². The van der Waals surface area contributed by atoms with Gasteiger partial charge in [0.05, 0.1) is 11.9 Å². The fourth-order valence-corrected chi connectivity index (χ4v) is 6.43. The number of nitrogens with one attached hydrogen (secondary N) is 1. The molecule has 0 atom stereocenters. The van der Waals surface area contributed by atoms with Gasteiger partial charge in [-0.05, 0) is 75.6 Å². The summed E-state index contributed by atoms with van der Waals surface area (Å²) < 4.78 is 28.4. The van der Waals surface area contributed by atoms with Crippen LogP contribution in [0.5, 0.6) is 0 Å². The number of halogens is 1. The van der Waals surface area contributed by atoms with Gasteiger partial charge in [-0.25, -0.2) is 8.42 Å². The van der Waals surface area contributed by atoms with Crippen molar-refractivity contribution >= 4 is 27.5 Å². The summed E-state index contributed by atoms with van der Waals surface area (Å²) in [7, 11) is -3.33. The van der Waals surface area contributed by atoms with Crippen molar-refractivity contribution in [3.8, 4) is 11.3 Å². The Labute approximate surface area is 236 Å². The lowest BCUT2D eigenvalue weighted by molar-refractivity contribution is 0.0951. The van der Waals surface area contributed by atoms with E-state index in [0.29, 0.717) is 30.1 Å². The Kier molecular flexibility index (Phi) is 8.42. The molecule has 0 aliphatic carbocycles. The highest BCUT2D eigenvalue weighted by molar-refractivity contribution is 7.88. The van der Waals surface area contributed by atoms with Gasteiger partial charge in [0.25, 0.3) is 5.91 Å². The molecule has 1 fully saturated rings. The van der Waals surface area contributed by atoms with Crippen LogP contribution in [0.4, 0.5) is 0 Å². The molecule has 0 radical (unpaired) electrons. The van der Waals surface area contributed by atoms with Gasteiger partial charge in [-0.2, -0.15) is 9.40 Å². The molecule has 1 aromatic heterocycles. The topological polar surface area (TPSA) is 87.5 Å². The first-order chi connectivity index (χ1) is 18.7. The molecule has 3 heterocycles. The number of nitrogens with zero attached hydrogens (tertiary/aromatic N) is 4. The van der Waals surface area contributed by atoms with Crippen LogP contribution in [-0.2, 0) is 36.1 Å². The summed E-state index contributed by atoms with van der Waals surface area (Å²) in [6.07, 6.45) is 5.43. The molecule has 1 saturated heterocycles. The van der Waals surface area contributed by atoms with E-state index in [1.165, 1.54) is 36.5 Å². The average Bonchev–Trinajstić information content (AvgIpc) is 3.56. The third-order valence-corrected chi connectivity index (χ3v) is 9.30. The number of hydrogen-bond acceptors (Lipinski definition) is 5. The quantitative estimate of drug-likeness (QED) is 0.416. The number of sulfonamides is 1. The number of rotatable bonds is 9. The first-order valence-electron chi connectivity index (χ1n) is 13.6. The van der Waals surface area contributed by atoms with Crippen LogP contribution in [0, 0.1) is 6.92 Å². The summed E-state index contributed by atoms with van der Waals surface area (Å²) in [4.78, 5) is 15.2. The van der Waals surface area contributed by atoms with Crippen LogP contribution in [-0.4, -0.2) is 65.7 Å². The first-order valence-corrected chi connectivity index (χ1v) is 15.8. The van der Waals surface area contributed by atoms with Gasteiger partial charge in [0.15, 0.2) is 0 Å². The number of benzene rings is 2. The number of amides is 1. The molecule has 1 N–H and O–H groups in total. The highest BCUT2D eigenvalue weighted by atomic mass is 35.5. The minimum absolute atomic E-state index is 0.167. The van der Waals surface area contributed by atoms with Gasteiger partial charge in [0.2, 0.25) is 10.0 Å². The number of carbonyl (C=O) groups is 1. The zero-order chi connectivity index (χ0) is 27.6. The predicted octanol–water partition coefficient (Wildman–Crippen LogP) is 4.25. The Hall–Kier alpha value is -2.72. The maximum Gasteiger partial charge on any atom is 0.251 e. The predicted molar refractivity (Wildman–Crippen MR) is 154 cm³/mol. The van der Waals surface area contributed by atoms with E-state index in [1.807, 2.05) is 37.3 Å². The molecular weight excluding hydrogens is 534 g/mol. The van der Waals surface area contributed by atoms with Crippen molar-refractivity contribution in [1.29, 1.82) is 0 Å². The van der Waals surface area contributed by atoms with Crippen LogP contribution >= 0.6 is 11.6 Å². The van der Waals surface area contributed by atoms with E-state index < -0.39 is 10.0 Å². The number of aromatic nitrogens is 2. The fourth-order valence-electron chi connectivity index (χ4n) is 5.46. The van der Waals surface area contributed by atoms with Crippen molar-refractivity contribution in [2.24, 2.45) is 0 Å². The standard InChI is InChI=1S/C29H36ClN5O3S/c1-21-6-8-22(9-7-21)29(36)31-19-24-18-23(10-11-26(24)30)28-25-20-34(39(2,37)38)17-12-27(25)35(32-28)16-5-15-33-13-3-4-14-33/h6-11,18H,3-5,12-17,19-20H2,1-2H3,(H,31,36). The second-order valence-corrected chi connectivity index (χ2v) is 13.0. The zero-order valence-electron chi connectivity index (χ0n) is 22.6. The summed E-state index contributed by atoms with van der Waals surface area (Å²) in [5, 5.41) is 8.53. The van der Waals surface area contributed by atoms with Gasteiger partial charge in [-0.15, -0.1) is 0 Å². The lowest BCUT2D eigenvalue weighted by Crippen LogP contribution is -2.35. The zero-order valence-corrected chi connectivity index (χ0v) is 24.2. The van der Waals surface area contributed by atoms with Crippen molar-refractivity contribution in [3.63, 3.8) is 0 Å². The molecule has 0 unspecified atom stereocenters. The third kappa shape index (κ3) is 6.54. The normalized spacial score (nSPS) is 16.4. The molecule has 0 saturated carbocycles. The smallest absolute Gasteiger partial charge is 0.251 e. The maximum atomic E-state index is 12.7. The molecule has 208 valence electrons. The molecule has 8 nitrogen and oxygen atoms in total. The van der Waals surface area contributed by atoms with Gasteiger partial charge in [-0.1, -0.05) is 35.4 Å². The average molecular weight is 570 g/mol. The monoisotopic (exact) mass is 569 g/mol. The minimum atomic E-state index is -3.33. The van der Waals surface area contributed by atoms with E-state index in [2.05, 4.69) is 14.9 Å². The van der Waals surface area contributed by atoms with Crippen molar-refractivity contribution < 1.29 is 13.2 Å². The second kappa shape index (κ2) is 11.8. The highest BCUT2D eigenvalue weighted by Gasteiger charge is 2.30. The Morgan fingerprint density at radius 3 is 2.51 bits per heavy atom. The molecular formula is C29H36ClN5O3S. The summed E-state index contributed by atoms with van der Waals surface area (Å²) in [5.41, 5.74) is 6.17. The van der Waals surface area contributed by atoms with Gasteiger partial charge in [0, 0.05) is 60.0 Å². The van der Waals surface area contributed by atoms with Crippen LogP contribution in [0.2, 0.25) is 5.02 Å². The van der Waals surface area contributed by atoms with Gasteiger partial charge in [-0.3, -0.25) is 9.48 Å². The minimum Gasteiger partial charge on any atom is -0.348 e. The van der Waals surface area contributed by atoms with Gasteiger partial charge < -0.3 is 10.2 Å². The Morgan fingerprint density at radius 2 is 1.79 bits per heavy atom. The molecule has 39 heavy (non-hydrogen) atoms.